The summed E-state index contributed by atoms with van der Waals surface area (Å²) in [6.45, 7) is 5.65. The monoisotopic (exact) mass is 448 g/mol. The van der Waals surface area contributed by atoms with Gasteiger partial charge in [-0.25, -0.2) is 4.98 Å². The van der Waals surface area contributed by atoms with Gasteiger partial charge in [-0.1, -0.05) is 32.0 Å². The fourth-order valence-electron chi connectivity index (χ4n) is 3.33. The van der Waals surface area contributed by atoms with Crippen LogP contribution in [0, 0.1) is 5.92 Å². The summed E-state index contributed by atoms with van der Waals surface area (Å²) in [6, 6.07) is 13.7. The number of carbonyl (C=O) groups is 2. The maximum Gasteiger partial charge on any atom is 0.253 e. The van der Waals surface area contributed by atoms with Crippen molar-refractivity contribution in [2.45, 2.75) is 45.7 Å². The zero-order chi connectivity index (χ0) is 22.7. The van der Waals surface area contributed by atoms with Gasteiger partial charge in [-0.05, 0) is 49.6 Å². The first-order valence-electron chi connectivity index (χ1n) is 10.9. The van der Waals surface area contributed by atoms with E-state index >= 15 is 0 Å². The molecule has 1 saturated carbocycles. The third-order valence-electron chi connectivity index (χ3n) is 5.41. The highest BCUT2D eigenvalue weighted by Gasteiger charge is 2.24. The zero-order valence-corrected chi connectivity index (χ0v) is 19.3. The van der Waals surface area contributed by atoms with Crippen LogP contribution in [0.1, 0.15) is 55.6 Å². The molecule has 2 amide bonds. The van der Waals surface area contributed by atoms with Gasteiger partial charge >= 0.3 is 0 Å². The average Bonchev–Trinajstić information content (AvgIpc) is 3.42. The topological polar surface area (TPSA) is 83.1 Å². The lowest BCUT2D eigenvalue weighted by atomic mass is 10.0. The highest BCUT2D eigenvalue weighted by molar-refractivity contribution is 7.13. The first-order valence-corrected chi connectivity index (χ1v) is 11.8. The summed E-state index contributed by atoms with van der Waals surface area (Å²) in [5.74, 6) is -0.394. The Morgan fingerprint density at radius 3 is 2.59 bits per heavy atom. The van der Waals surface area contributed by atoms with Crippen LogP contribution in [0.4, 0.5) is 11.4 Å². The van der Waals surface area contributed by atoms with Gasteiger partial charge in [-0.3, -0.25) is 9.59 Å². The lowest BCUT2D eigenvalue weighted by Crippen LogP contribution is -2.28. The zero-order valence-electron chi connectivity index (χ0n) is 18.5. The number of benzene rings is 2. The molecule has 4 rings (SSSR count). The smallest absolute Gasteiger partial charge is 0.253 e. The quantitative estimate of drug-likeness (QED) is 0.427. The standard InChI is InChI=1S/C25H28N4O2S/c1-15(2)23(30)29-20-9-10-22(28-19-7-8-19)21(14-20)24(31)27-16(3)17-5-4-6-18(13-17)25-26-11-12-32-25/h4-6,9-16,19,28H,7-8H2,1-3H3,(H,27,31)(H,29,30). The molecule has 32 heavy (non-hydrogen) atoms. The molecule has 166 valence electrons. The molecule has 1 fully saturated rings. The number of hydrogen-bond donors (Lipinski definition) is 3. The van der Waals surface area contributed by atoms with Gasteiger partial charge in [-0.15, -0.1) is 11.3 Å². The molecular formula is C25H28N4O2S. The van der Waals surface area contributed by atoms with Gasteiger partial charge in [0.1, 0.15) is 5.01 Å². The van der Waals surface area contributed by atoms with E-state index in [1.807, 2.05) is 56.5 Å². The molecule has 3 aromatic rings. The Morgan fingerprint density at radius 2 is 1.91 bits per heavy atom. The number of thiazole rings is 1. The van der Waals surface area contributed by atoms with Crippen molar-refractivity contribution in [3.8, 4) is 10.6 Å². The Hall–Kier alpha value is -3.19. The largest absolute Gasteiger partial charge is 0.382 e. The molecule has 7 heteroatoms. The second kappa shape index (κ2) is 9.53. The van der Waals surface area contributed by atoms with E-state index in [2.05, 4.69) is 27.0 Å². The Balaban J connectivity index is 1.54. The molecule has 1 atom stereocenters. The maximum absolute atomic E-state index is 13.3. The van der Waals surface area contributed by atoms with Crippen molar-refractivity contribution >= 4 is 34.5 Å². The first kappa shape index (κ1) is 22.0. The van der Waals surface area contributed by atoms with Crippen LogP contribution in [0.25, 0.3) is 10.6 Å². The lowest BCUT2D eigenvalue weighted by Gasteiger charge is -2.18. The Bertz CT molecular complexity index is 1110. The summed E-state index contributed by atoms with van der Waals surface area (Å²) in [5.41, 5.74) is 3.98. The van der Waals surface area contributed by atoms with Crippen molar-refractivity contribution in [1.82, 2.24) is 10.3 Å². The van der Waals surface area contributed by atoms with E-state index in [9.17, 15) is 9.59 Å². The predicted octanol–water partition coefficient (Wildman–Crippen LogP) is 5.47. The van der Waals surface area contributed by atoms with Crippen LogP contribution in [0.3, 0.4) is 0 Å². The van der Waals surface area contributed by atoms with Crippen LogP contribution in [-0.4, -0.2) is 22.8 Å². The van der Waals surface area contributed by atoms with Crippen LogP contribution in [0.5, 0.6) is 0 Å². The van der Waals surface area contributed by atoms with Crippen LogP contribution in [0.2, 0.25) is 0 Å². The summed E-state index contributed by atoms with van der Waals surface area (Å²) in [6.07, 6.45) is 4.00. The molecule has 0 aliphatic heterocycles. The molecule has 0 bridgehead atoms. The molecule has 1 unspecified atom stereocenters. The van der Waals surface area contributed by atoms with Crippen LogP contribution in [-0.2, 0) is 4.79 Å². The molecule has 1 heterocycles. The van der Waals surface area contributed by atoms with Gasteiger partial charge in [0.15, 0.2) is 0 Å². The molecule has 0 saturated heterocycles. The van der Waals surface area contributed by atoms with Gasteiger partial charge in [0.25, 0.3) is 5.91 Å². The summed E-state index contributed by atoms with van der Waals surface area (Å²) in [4.78, 5) is 29.8. The normalized spacial score (nSPS) is 14.1. The second-order valence-corrected chi connectivity index (χ2v) is 9.38. The summed E-state index contributed by atoms with van der Waals surface area (Å²) in [7, 11) is 0. The number of hydrogen-bond acceptors (Lipinski definition) is 5. The Labute approximate surface area is 192 Å². The number of rotatable bonds is 8. The summed E-state index contributed by atoms with van der Waals surface area (Å²) < 4.78 is 0. The number of anilines is 2. The van der Waals surface area contributed by atoms with E-state index in [0.717, 1.165) is 34.7 Å². The highest BCUT2D eigenvalue weighted by Crippen LogP contribution is 2.30. The molecule has 1 aromatic heterocycles. The van der Waals surface area contributed by atoms with Crippen molar-refractivity contribution in [1.29, 1.82) is 0 Å². The molecule has 3 N–H and O–H groups in total. The van der Waals surface area contributed by atoms with Crippen molar-refractivity contribution < 1.29 is 9.59 Å². The minimum atomic E-state index is -0.190. The van der Waals surface area contributed by atoms with Crippen LogP contribution < -0.4 is 16.0 Å². The van der Waals surface area contributed by atoms with Crippen LogP contribution in [0.15, 0.2) is 54.0 Å². The molecular weight excluding hydrogens is 420 g/mol. The minimum Gasteiger partial charge on any atom is -0.382 e. The van der Waals surface area contributed by atoms with E-state index in [1.165, 1.54) is 0 Å². The van der Waals surface area contributed by atoms with Crippen molar-refractivity contribution in [2.75, 3.05) is 10.6 Å². The number of carbonyl (C=O) groups excluding carboxylic acids is 2. The van der Waals surface area contributed by atoms with E-state index < -0.39 is 0 Å². The third kappa shape index (κ3) is 5.34. The Morgan fingerprint density at radius 1 is 1.09 bits per heavy atom. The second-order valence-electron chi connectivity index (χ2n) is 8.48. The van der Waals surface area contributed by atoms with E-state index in [1.54, 1.807) is 23.6 Å². The SMILES string of the molecule is CC(C)C(=O)Nc1ccc(NC2CC2)c(C(=O)NC(C)c2cccc(-c3nccs3)c2)c1. The van der Waals surface area contributed by atoms with E-state index in [4.69, 9.17) is 0 Å². The fourth-order valence-corrected chi connectivity index (χ4v) is 3.97. The van der Waals surface area contributed by atoms with Gasteiger partial charge in [0, 0.05) is 40.5 Å². The minimum absolute atomic E-state index is 0.0772. The van der Waals surface area contributed by atoms with E-state index in [-0.39, 0.29) is 23.8 Å². The number of nitrogens with zero attached hydrogens (tertiary/aromatic N) is 1. The number of nitrogens with one attached hydrogen (secondary N) is 3. The molecule has 0 spiro atoms. The van der Waals surface area contributed by atoms with Gasteiger partial charge in [0.05, 0.1) is 11.6 Å². The first-order chi connectivity index (χ1) is 15.4. The van der Waals surface area contributed by atoms with E-state index in [0.29, 0.717) is 17.3 Å². The summed E-state index contributed by atoms with van der Waals surface area (Å²) in [5, 5.41) is 12.3. The van der Waals surface area contributed by atoms with Crippen molar-refractivity contribution in [2.24, 2.45) is 5.92 Å². The van der Waals surface area contributed by atoms with Gasteiger partial charge < -0.3 is 16.0 Å². The third-order valence-corrected chi connectivity index (χ3v) is 6.23. The predicted molar refractivity (Wildman–Crippen MR) is 130 cm³/mol. The summed E-state index contributed by atoms with van der Waals surface area (Å²) >= 11 is 1.59. The fraction of sp³-hybridized carbons (Fsp3) is 0.320. The molecule has 0 radical (unpaired) electrons. The number of amides is 2. The number of aromatic nitrogens is 1. The van der Waals surface area contributed by atoms with Gasteiger partial charge in [0.2, 0.25) is 5.91 Å². The molecule has 1 aliphatic carbocycles. The van der Waals surface area contributed by atoms with Crippen molar-refractivity contribution in [3.63, 3.8) is 0 Å². The Kier molecular flexibility index (Phi) is 6.55. The lowest BCUT2D eigenvalue weighted by molar-refractivity contribution is -0.118. The van der Waals surface area contributed by atoms with Crippen LogP contribution >= 0.6 is 11.3 Å². The molecule has 6 nitrogen and oxygen atoms in total. The average molecular weight is 449 g/mol. The van der Waals surface area contributed by atoms with Crippen molar-refractivity contribution in [3.05, 3.63) is 65.2 Å². The maximum atomic E-state index is 13.3. The van der Waals surface area contributed by atoms with Gasteiger partial charge in [-0.2, -0.15) is 0 Å². The molecule has 1 aliphatic rings. The highest BCUT2D eigenvalue weighted by atomic mass is 32.1. The molecule has 2 aromatic carbocycles.